The molecule has 0 aliphatic heterocycles. The molecule has 2 amide bonds. The lowest BCUT2D eigenvalue weighted by Crippen LogP contribution is -2.65. The summed E-state index contributed by atoms with van der Waals surface area (Å²) >= 11 is 0. The monoisotopic (exact) mass is 634 g/mol. The molecule has 256 valence electrons. The lowest BCUT2D eigenvalue weighted by atomic mass is 9.72. The van der Waals surface area contributed by atoms with Crippen molar-refractivity contribution in [3.8, 4) is 0 Å². The lowest BCUT2D eigenvalue weighted by molar-refractivity contribution is -0.163. The number of amides is 2. The van der Waals surface area contributed by atoms with Crippen LogP contribution in [0.25, 0.3) is 0 Å². The number of carboxylic acid groups (broad SMARTS) is 2. The van der Waals surface area contributed by atoms with Gasteiger partial charge in [0.15, 0.2) is 11.9 Å². The number of rotatable bonds is 21. The van der Waals surface area contributed by atoms with Gasteiger partial charge in [-0.25, -0.2) is 4.79 Å². The zero-order chi connectivity index (χ0) is 34.7. The van der Waals surface area contributed by atoms with E-state index in [1.807, 2.05) is 13.8 Å². The Bertz CT molecular complexity index is 986. The number of nitrogens with two attached hydrogens (primary N) is 1. The maximum Gasteiger partial charge on any atom is 0.335 e. The third-order valence-electron chi connectivity index (χ3n) is 9.15. The van der Waals surface area contributed by atoms with Gasteiger partial charge in [0, 0.05) is 17.9 Å². The summed E-state index contributed by atoms with van der Waals surface area (Å²) in [5.41, 5.74) is 4.39. The van der Waals surface area contributed by atoms with Crippen LogP contribution in [-0.4, -0.2) is 109 Å². The van der Waals surface area contributed by atoms with Gasteiger partial charge in [-0.15, -0.1) is 0 Å². The first-order valence-electron chi connectivity index (χ1n) is 15.0. The van der Waals surface area contributed by atoms with Gasteiger partial charge in [0.25, 0.3) is 0 Å². The number of carboxylic acids is 2. The molecule has 0 heterocycles. The molecule has 15 nitrogen and oxygen atoms in total. The third-order valence-corrected chi connectivity index (χ3v) is 9.15. The van der Waals surface area contributed by atoms with Gasteiger partial charge in [-0.2, -0.15) is 0 Å². The number of carbonyl (C=O) groups is 5. The molecule has 0 radical (unpaired) electrons. The van der Waals surface area contributed by atoms with Gasteiger partial charge in [0.2, 0.25) is 11.8 Å². The van der Waals surface area contributed by atoms with E-state index in [1.165, 1.54) is 13.8 Å². The minimum Gasteiger partial charge on any atom is -0.481 e. The molecule has 0 saturated carbocycles. The van der Waals surface area contributed by atoms with Crippen molar-refractivity contribution in [1.29, 1.82) is 0 Å². The highest BCUT2D eigenvalue weighted by Gasteiger charge is 2.44. The Kier molecular flexibility index (Phi) is 16.6. The second kappa shape index (κ2) is 17.7. The van der Waals surface area contributed by atoms with Crippen molar-refractivity contribution in [2.75, 3.05) is 6.54 Å². The van der Waals surface area contributed by atoms with E-state index in [0.29, 0.717) is 25.7 Å². The molecule has 0 rings (SSSR count). The van der Waals surface area contributed by atoms with Crippen molar-refractivity contribution < 1.29 is 54.6 Å². The molecular formula is C29H54N4O11. The lowest BCUT2D eigenvalue weighted by Gasteiger charge is -2.38. The van der Waals surface area contributed by atoms with Crippen LogP contribution in [0.5, 0.6) is 0 Å². The van der Waals surface area contributed by atoms with Crippen molar-refractivity contribution in [1.82, 2.24) is 16.0 Å². The predicted molar refractivity (Wildman–Crippen MR) is 160 cm³/mol. The Morgan fingerprint density at radius 2 is 1.23 bits per heavy atom. The Balaban J connectivity index is 6.21. The number of aliphatic hydroxyl groups excluding tert-OH is 4. The van der Waals surface area contributed by atoms with Crippen molar-refractivity contribution in [2.24, 2.45) is 28.9 Å². The number of carbonyl (C=O) groups excluding carboxylic acids is 3. The average molecular weight is 635 g/mol. The van der Waals surface area contributed by atoms with Crippen LogP contribution in [0.1, 0.15) is 81.1 Å². The first-order valence-corrected chi connectivity index (χ1v) is 15.0. The number of aliphatic carboxylic acids is 2. The molecule has 0 aromatic heterocycles. The van der Waals surface area contributed by atoms with E-state index in [9.17, 15) is 49.5 Å². The minimum atomic E-state index is -2.38. The smallest absolute Gasteiger partial charge is 0.335 e. The molecule has 0 aliphatic rings. The van der Waals surface area contributed by atoms with E-state index in [1.54, 1.807) is 27.7 Å². The van der Waals surface area contributed by atoms with Gasteiger partial charge in [-0.05, 0) is 38.5 Å². The Hall–Kier alpha value is -2.69. The summed E-state index contributed by atoms with van der Waals surface area (Å²) in [5, 5.41) is 65.9. The zero-order valence-corrected chi connectivity index (χ0v) is 27.0. The fourth-order valence-electron chi connectivity index (χ4n) is 4.55. The first kappa shape index (κ1) is 41.3. The molecule has 15 heteroatoms. The van der Waals surface area contributed by atoms with Crippen molar-refractivity contribution in [3.63, 3.8) is 0 Å². The minimum absolute atomic E-state index is 0.365. The van der Waals surface area contributed by atoms with E-state index in [0.717, 1.165) is 0 Å². The topological polar surface area (TPSA) is 269 Å². The van der Waals surface area contributed by atoms with E-state index < -0.39 is 95.6 Å². The summed E-state index contributed by atoms with van der Waals surface area (Å²) in [4.78, 5) is 63.5. The number of ketones is 1. The quantitative estimate of drug-likeness (QED) is 0.0675. The third kappa shape index (κ3) is 10.7. The SMILES string of the molecule is CCC(N)(CC)NC(C(=O)NC(C(=O)C(C)(CC)CC)C(C)C(C)C(=O)NCC(O)C(O)C(O)C(O)C(=O)O)C(C)C(=O)O. The number of aliphatic hydroxyl groups is 4. The van der Waals surface area contributed by atoms with Gasteiger partial charge < -0.3 is 47.0 Å². The van der Waals surface area contributed by atoms with Crippen molar-refractivity contribution in [2.45, 2.75) is 123 Å². The van der Waals surface area contributed by atoms with Gasteiger partial charge in [-0.3, -0.25) is 24.5 Å². The Labute approximate surface area is 259 Å². The summed E-state index contributed by atoms with van der Waals surface area (Å²) < 4.78 is 0. The standard InChI is InChI=1S/C29H54N4O11/c1-9-28(8,10-2)23(38)18(32-25(40)19(16(7)26(41)42)33-29(30,11-3)12-4)14(5)15(6)24(39)31-13-17(34)20(35)21(36)22(37)27(43)44/h14-22,33-37H,9-13,30H2,1-8H3,(H,31,39)(H,32,40)(H,41,42)(H,43,44). The Morgan fingerprint density at radius 1 is 0.727 bits per heavy atom. The summed E-state index contributed by atoms with van der Waals surface area (Å²) in [5.74, 6) is -8.00. The largest absolute Gasteiger partial charge is 0.481 e. The fraction of sp³-hybridized carbons (Fsp3) is 0.828. The normalized spacial score (nSPS) is 18.5. The van der Waals surface area contributed by atoms with Crippen LogP contribution in [-0.2, 0) is 24.0 Å². The molecule has 44 heavy (non-hydrogen) atoms. The average Bonchev–Trinajstić information content (AvgIpc) is 3.01. The molecule has 11 N–H and O–H groups in total. The number of hydrogen-bond acceptors (Lipinski definition) is 11. The highest BCUT2D eigenvalue weighted by molar-refractivity contribution is 5.96. The summed E-state index contributed by atoms with van der Waals surface area (Å²) in [6.07, 6.45) is -6.99. The molecule has 0 saturated heterocycles. The molecule has 9 unspecified atom stereocenters. The fourth-order valence-corrected chi connectivity index (χ4v) is 4.55. The van der Waals surface area contributed by atoms with E-state index >= 15 is 0 Å². The van der Waals surface area contributed by atoms with Crippen LogP contribution in [0.2, 0.25) is 0 Å². The Morgan fingerprint density at radius 3 is 1.64 bits per heavy atom. The summed E-state index contributed by atoms with van der Waals surface area (Å²) in [6.45, 7) is 12.7. The molecule has 0 aromatic rings. The molecule has 0 aromatic carbocycles. The van der Waals surface area contributed by atoms with Gasteiger partial charge in [-0.1, -0.05) is 48.5 Å². The summed E-state index contributed by atoms with van der Waals surface area (Å²) in [6, 6.07) is -2.56. The van der Waals surface area contributed by atoms with E-state index in [2.05, 4.69) is 16.0 Å². The van der Waals surface area contributed by atoms with Crippen LogP contribution < -0.4 is 21.7 Å². The van der Waals surface area contributed by atoms with Crippen LogP contribution in [0.3, 0.4) is 0 Å². The maximum absolute atomic E-state index is 13.9. The maximum atomic E-state index is 13.9. The van der Waals surface area contributed by atoms with Gasteiger partial charge >= 0.3 is 11.9 Å². The highest BCUT2D eigenvalue weighted by Crippen LogP contribution is 2.32. The van der Waals surface area contributed by atoms with Gasteiger partial charge in [0.05, 0.1) is 23.7 Å². The van der Waals surface area contributed by atoms with Crippen LogP contribution in [0.15, 0.2) is 0 Å². The van der Waals surface area contributed by atoms with Crippen molar-refractivity contribution >= 4 is 29.5 Å². The highest BCUT2D eigenvalue weighted by atomic mass is 16.4. The summed E-state index contributed by atoms with van der Waals surface area (Å²) in [7, 11) is 0. The second-order valence-corrected chi connectivity index (χ2v) is 12.0. The molecule has 0 spiro atoms. The molecular weight excluding hydrogens is 580 g/mol. The molecule has 0 bridgehead atoms. The van der Waals surface area contributed by atoms with Crippen molar-refractivity contribution in [3.05, 3.63) is 0 Å². The number of Topliss-reactive ketones (excluding diaryl/α,β-unsaturated/α-hetero) is 1. The van der Waals surface area contributed by atoms with E-state index in [4.69, 9.17) is 10.8 Å². The second-order valence-electron chi connectivity index (χ2n) is 12.0. The molecule has 9 atom stereocenters. The zero-order valence-electron chi connectivity index (χ0n) is 27.0. The van der Waals surface area contributed by atoms with Crippen LogP contribution in [0, 0.1) is 23.2 Å². The first-order chi connectivity index (χ1) is 20.2. The number of nitrogens with one attached hydrogen (secondary N) is 3. The van der Waals surface area contributed by atoms with Crippen LogP contribution >= 0.6 is 0 Å². The molecule has 0 aliphatic carbocycles. The van der Waals surface area contributed by atoms with Gasteiger partial charge in [0.1, 0.15) is 18.2 Å². The van der Waals surface area contributed by atoms with Crippen LogP contribution in [0.4, 0.5) is 0 Å². The molecule has 0 fully saturated rings. The predicted octanol–water partition coefficient (Wildman–Crippen LogP) is -1.06. The van der Waals surface area contributed by atoms with E-state index in [-0.39, 0.29) is 5.78 Å². The number of hydrogen-bond donors (Lipinski definition) is 10.